The molecule has 2 heterocycles. The molecule has 4 fully saturated rings. The molecule has 0 aromatic rings. The molecule has 2 saturated heterocycles. The molecule has 0 amide bonds. The Hall–Kier alpha value is -1.67. The van der Waals surface area contributed by atoms with Gasteiger partial charge in [0.1, 0.15) is 23.1 Å². The van der Waals surface area contributed by atoms with E-state index in [1.165, 1.54) is 6.08 Å². The average Bonchev–Trinajstić information content (AvgIpc) is 3.11. The first-order chi connectivity index (χ1) is 16.1. The highest BCUT2D eigenvalue weighted by Gasteiger charge is 2.79. The van der Waals surface area contributed by atoms with Gasteiger partial charge in [-0.15, -0.1) is 0 Å². The van der Waals surface area contributed by atoms with Gasteiger partial charge >= 0.3 is 0 Å². The lowest BCUT2D eigenvalue weighted by atomic mass is 9.47. The third-order valence-corrected chi connectivity index (χ3v) is 11.4. The van der Waals surface area contributed by atoms with Gasteiger partial charge in [0.2, 0.25) is 0 Å². The number of ketones is 3. The van der Waals surface area contributed by atoms with Gasteiger partial charge in [-0.3, -0.25) is 14.4 Å². The minimum Gasteiger partial charge on any atom is -0.387 e. The van der Waals surface area contributed by atoms with Gasteiger partial charge in [0, 0.05) is 30.1 Å². The molecule has 6 aliphatic rings. The van der Waals surface area contributed by atoms with Gasteiger partial charge in [0.25, 0.3) is 0 Å². The van der Waals surface area contributed by atoms with Crippen molar-refractivity contribution in [2.45, 2.75) is 102 Å². The molecule has 6 rings (SSSR count). The van der Waals surface area contributed by atoms with Crippen LogP contribution in [0.4, 0.5) is 0 Å². The number of carbonyl (C=O) groups excluding carboxylic acids is 3. The summed E-state index contributed by atoms with van der Waals surface area (Å²) in [6, 6.07) is 0. The molecule has 7 heteroatoms. The summed E-state index contributed by atoms with van der Waals surface area (Å²) in [5.74, 6) is -2.62. The van der Waals surface area contributed by atoms with Crippen LogP contribution in [0.5, 0.6) is 0 Å². The van der Waals surface area contributed by atoms with E-state index < -0.39 is 45.3 Å². The Bertz CT molecular complexity index is 1150. The van der Waals surface area contributed by atoms with E-state index in [9.17, 15) is 24.6 Å². The number of hydrogen-bond acceptors (Lipinski definition) is 7. The van der Waals surface area contributed by atoms with Crippen LogP contribution in [0.25, 0.3) is 0 Å². The van der Waals surface area contributed by atoms with E-state index in [0.29, 0.717) is 24.0 Å². The molecule has 7 nitrogen and oxygen atoms in total. The Morgan fingerprint density at radius 2 is 1.57 bits per heavy atom. The molecule has 0 radical (unpaired) electrons. The summed E-state index contributed by atoms with van der Waals surface area (Å²) >= 11 is 0. The van der Waals surface area contributed by atoms with Crippen LogP contribution in [0.3, 0.4) is 0 Å². The zero-order chi connectivity index (χ0) is 25.6. The van der Waals surface area contributed by atoms with Crippen LogP contribution in [0, 0.1) is 28.6 Å². The SMILES string of the molecule is C[C@H]1[C@@H](O)[C@@]2(OC1(C)C)O[C@@]13CC[C@@H]([C@@H]2C)[C@@]1(C)C(=O)C=C1C3=CC(=O)C2(O)CC(=O)CCC12C. The Labute approximate surface area is 205 Å². The van der Waals surface area contributed by atoms with Gasteiger partial charge in [-0.1, -0.05) is 20.8 Å². The van der Waals surface area contributed by atoms with Crippen molar-refractivity contribution in [1.29, 1.82) is 0 Å². The monoisotopic (exact) mass is 484 g/mol. The van der Waals surface area contributed by atoms with Crippen LogP contribution >= 0.6 is 0 Å². The van der Waals surface area contributed by atoms with Gasteiger partial charge in [-0.05, 0) is 69.2 Å². The number of fused-ring (bicyclic) bond motifs is 3. The van der Waals surface area contributed by atoms with E-state index in [2.05, 4.69) is 0 Å². The van der Waals surface area contributed by atoms with Gasteiger partial charge in [0.15, 0.2) is 17.4 Å². The van der Waals surface area contributed by atoms with E-state index >= 15 is 0 Å². The molecule has 1 spiro atoms. The summed E-state index contributed by atoms with van der Waals surface area (Å²) in [6.07, 6.45) is 3.63. The van der Waals surface area contributed by atoms with Crippen molar-refractivity contribution in [1.82, 2.24) is 0 Å². The van der Waals surface area contributed by atoms with Crippen molar-refractivity contribution in [3.63, 3.8) is 0 Å². The van der Waals surface area contributed by atoms with Crippen molar-refractivity contribution < 1.29 is 34.1 Å². The smallest absolute Gasteiger partial charge is 0.199 e. The average molecular weight is 485 g/mol. The standard InChI is InChI=1S/C28H36O7/c1-14-17-8-10-27(35-28(14)22(32)15(2)23(3,4)34-28)19-12-21(31)26(33)13-16(29)7-9-24(26,5)18(19)11-20(30)25(17,27)6/h11-12,14-15,17,22,32-33H,7-10,13H2,1-6H3/t14-,15-,17-,22+,24?,25-,26?,27+,28-/m0/s1. The summed E-state index contributed by atoms with van der Waals surface area (Å²) in [7, 11) is 0. The molecule has 2 unspecified atom stereocenters. The molecule has 190 valence electrons. The second-order valence-electron chi connectivity index (χ2n) is 13.0. The summed E-state index contributed by atoms with van der Waals surface area (Å²) in [5, 5.41) is 23.1. The largest absolute Gasteiger partial charge is 0.387 e. The van der Waals surface area contributed by atoms with Crippen LogP contribution in [-0.2, 0) is 23.9 Å². The van der Waals surface area contributed by atoms with Gasteiger partial charge in [-0.2, -0.15) is 0 Å². The Kier molecular flexibility index (Phi) is 4.35. The van der Waals surface area contributed by atoms with E-state index in [1.807, 2.05) is 34.6 Å². The lowest BCUT2D eigenvalue weighted by Crippen LogP contribution is -2.71. The number of rotatable bonds is 0. The van der Waals surface area contributed by atoms with Crippen LogP contribution < -0.4 is 0 Å². The molecular weight excluding hydrogens is 448 g/mol. The molecular formula is C28H36O7. The van der Waals surface area contributed by atoms with Crippen molar-refractivity contribution in [2.24, 2.45) is 28.6 Å². The molecule has 4 aliphatic carbocycles. The number of aliphatic hydroxyl groups excluding tert-OH is 1. The first-order valence-corrected chi connectivity index (χ1v) is 13.0. The highest BCUT2D eigenvalue weighted by Crippen LogP contribution is 2.72. The number of ether oxygens (including phenoxy) is 2. The Balaban J connectivity index is 1.59. The summed E-state index contributed by atoms with van der Waals surface area (Å²) in [6.45, 7) is 11.6. The number of hydrogen-bond donors (Lipinski definition) is 2. The second kappa shape index (κ2) is 6.42. The third kappa shape index (κ3) is 2.32. The predicted octanol–water partition coefficient (Wildman–Crippen LogP) is 2.82. The second-order valence-corrected chi connectivity index (χ2v) is 13.0. The normalized spacial score (nSPS) is 54.2. The summed E-state index contributed by atoms with van der Waals surface area (Å²) in [4.78, 5) is 39.9. The first kappa shape index (κ1) is 23.7. The maximum Gasteiger partial charge on any atom is 0.199 e. The zero-order valence-corrected chi connectivity index (χ0v) is 21.4. The quantitative estimate of drug-likeness (QED) is 0.544. The van der Waals surface area contributed by atoms with Gasteiger partial charge in [0.05, 0.1) is 11.0 Å². The Morgan fingerprint density at radius 3 is 2.20 bits per heavy atom. The third-order valence-electron chi connectivity index (χ3n) is 11.4. The lowest BCUT2D eigenvalue weighted by molar-refractivity contribution is -0.369. The fourth-order valence-electron chi connectivity index (χ4n) is 8.71. The first-order valence-electron chi connectivity index (χ1n) is 13.0. The van der Waals surface area contributed by atoms with Crippen LogP contribution in [-0.4, -0.2) is 56.3 Å². The molecule has 0 aromatic heterocycles. The molecule has 2 N–H and O–H groups in total. The minimum atomic E-state index is -1.88. The summed E-state index contributed by atoms with van der Waals surface area (Å²) < 4.78 is 13.6. The maximum absolute atomic E-state index is 14.0. The van der Waals surface area contributed by atoms with Crippen LogP contribution in [0.1, 0.15) is 73.6 Å². The molecule has 2 saturated carbocycles. The number of allylic oxidation sites excluding steroid dienone is 1. The minimum absolute atomic E-state index is 0.0801. The highest BCUT2D eigenvalue weighted by atomic mass is 16.7. The molecule has 2 aliphatic heterocycles. The lowest BCUT2D eigenvalue weighted by Gasteiger charge is -2.63. The van der Waals surface area contributed by atoms with E-state index in [4.69, 9.17) is 9.47 Å². The van der Waals surface area contributed by atoms with Crippen molar-refractivity contribution in [2.75, 3.05) is 0 Å². The Morgan fingerprint density at radius 1 is 0.914 bits per heavy atom. The van der Waals surface area contributed by atoms with E-state index in [0.717, 1.165) is 0 Å². The fraction of sp³-hybridized carbons (Fsp3) is 0.750. The predicted molar refractivity (Wildman–Crippen MR) is 125 cm³/mol. The van der Waals surface area contributed by atoms with Crippen molar-refractivity contribution >= 4 is 17.3 Å². The number of carbonyl (C=O) groups is 3. The summed E-state index contributed by atoms with van der Waals surface area (Å²) in [5.41, 5.74) is -4.46. The van der Waals surface area contributed by atoms with Crippen LogP contribution in [0.15, 0.2) is 23.3 Å². The van der Waals surface area contributed by atoms with E-state index in [-0.39, 0.29) is 48.6 Å². The number of Topliss-reactive ketones (excluding diaryl/α,β-unsaturated/α-hetero) is 1. The molecule has 35 heavy (non-hydrogen) atoms. The number of aliphatic hydroxyl groups is 2. The highest BCUT2D eigenvalue weighted by molar-refractivity contribution is 6.09. The molecule has 2 bridgehead atoms. The maximum atomic E-state index is 14.0. The molecule has 0 aromatic carbocycles. The van der Waals surface area contributed by atoms with Crippen molar-refractivity contribution in [3.05, 3.63) is 23.3 Å². The zero-order valence-electron chi connectivity index (χ0n) is 21.4. The topological polar surface area (TPSA) is 110 Å². The van der Waals surface area contributed by atoms with E-state index in [1.54, 1.807) is 13.0 Å². The van der Waals surface area contributed by atoms with Gasteiger partial charge < -0.3 is 19.7 Å². The molecule has 9 atom stereocenters. The van der Waals surface area contributed by atoms with Crippen molar-refractivity contribution in [3.8, 4) is 0 Å². The van der Waals surface area contributed by atoms with Gasteiger partial charge in [-0.25, -0.2) is 0 Å². The van der Waals surface area contributed by atoms with Crippen LogP contribution in [0.2, 0.25) is 0 Å². The fourth-order valence-corrected chi connectivity index (χ4v) is 8.71.